The van der Waals surface area contributed by atoms with Crippen LogP contribution in [-0.2, 0) is 0 Å². The summed E-state index contributed by atoms with van der Waals surface area (Å²) >= 11 is 2.05. The average molecular weight is 393 g/mol. The van der Waals surface area contributed by atoms with Crippen LogP contribution in [0.5, 0.6) is 0 Å². The molecule has 0 bridgehead atoms. The van der Waals surface area contributed by atoms with Crippen LogP contribution in [0.15, 0.2) is 46.4 Å². The fraction of sp³-hybridized carbons (Fsp3) is 0.440. The molecule has 2 aromatic carbocycles. The molecule has 0 amide bonds. The third-order valence-electron chi connectivity index (χ3n) is 5.65. The molecule has 1 saturated heterocycles. The van der Waals surface area contributed by atoms with Gasteiger partial charge in [-0.15, -0.1) is 11.8 Å². The van der Waals surface area contributed by atoms with Gasteiger partial charge in [0.25, 0.3) is 0 Å². The second-order valence-corrected chi connectivity index (χ2v) is 9.44. The molecule has 3 heteroatoms. The predicted octanol–water partition coefficient (Wildman–Crippen LogP) is 7.46. The summed E-state index contributed by atoms with van der Waals surface area (Å²) < 4.78 is 0. The topological polar surface area (TPSA) is 24.7 Å². The Balaban J connectivity index is 1.80. The number of nitrogens with zero attached hydrogens (tertiary/aromatic N) is 2. The molecule has 28 heavy (non-hydrogen) atoms. The number of rotatable bonds is 4. The standard InChI is InChI=1S/C25H32N2S/c1-16-10-7-11-17(2)24(16)26-20(5)22-14-9-15-23(28-22)21(6)27-25-18(3)12-8-13-19(25)4/h7-8,10-13,22-23H,9,14-15H2,1-6H3/b26-20+,27-21+. The van der Waals surface area contributed by atoms with E-state index in [-0.39, 0.29) is 0 Å². The van der Waals surface area contributed by atoms with Crippen LogP contribution in [-0.4, -0.2) is 21.9 Å². The Morgan fingerprint density at radius 1 is 0.714 bits per heavy atom. The highest BCUT2D eigenvalue weighted by atomic mass is 32.2. The van der Waals surface area contributed by atoms with Crippen LogP contribution >= 0.6 is 11.8 Å². The van der Waals surface area contributed by atoms with Gasteiger partial charge >= 0.3 is 0 Å². The fourth-order valence-corrected chi connectivity index (χ4v) is 5.40. The van der Waals surface area contributed by atoms with Crippen molar-refractivity contribution in [3.05, 3.63) is 58.7 Å². The van der Waals surface area contributed by atoms with Crippen molar-refractivity contribution in [1.29, 1.82) is 0 Å². The second kappa shape index (κ2) is 9.09. The minimum Gasteiger partial charge on any atom is -0.256 e. The van der Waals surface area contributed by atoms with E-state index in [9.17, 15) is 0 Å². The summed E-state index contributed by atoms with van der Waals surface area (Å²) in [7, 11) is 0. The van der Waals surface area contributed by atoms with E-state index in [0.717, 1.165) is 11.4 Å². The molecule has 0 aromatic heterocycles. The van der Waals surface area contributed by atoms with Crippen molar-refractivity contribution in [1.82, 2.24) is 0 Å². The number of para-hydroxylation sites is 2. The summed E-state index contributed by atoms with van der Waals surface area (Å²) in [6, 6.07) is 12.8. The van der Waals surface area contributed by atoms with Gasteiger partial charge in [-0.1, -0.05) is 42.8 Å². The van der Waals surface area contributed by atoms with Crippen LogP contribution in [0.3, 0.4) is 0 Å². The van der Waals surface area contributed by atoms with E-state index in [1.807, 2.05) is 11.8 Å². The summed E-state index contributed by atoms with van der Waals surface area (Å²) in [6.45, 7) is 13.0. The summed E-state index contributed by atoms with van der Waals surface area (Å²) in [6.07, 6.45) is 3.65. The van der Waals surface area contributed by atoms with Gasteiger partial charge in [0.15, 0.2) is 0 Å². The molecule has 3 rings (SSSR count). The maximum atomic E-state index is 5.04. The molecule has 0 aliphatic carbocycles. The lowest BCUT2D eigenvalue weighted by molar-refractivity contribution is 0.702. The molecule has 1 aliphatic rings. The third kappa shape index (κ3) is 4.75. The van der Waals surface area contributed by atoms with Gasteiger partial charge in [0.1, 0.15) is 0 Å². The number of aryl methyl sites for hydroxylation is 4. The van der Waals surface area contributed by atoms with Gasteiger partial charge in [-0.05, 0) is 76.6 Å². The Labute approximate surface area is 174 Å². The van der Waals surface area contributed by atoms with Crippen LogP contribution in [0.25, 0.3) is 0 Å². The molecule has 0 radical (unpaired) electrons. The van der Waals surface area contributed by atoms with E-state index in [4.69, 9.17) is 9.98 Å². The maximum absolute atomic E-state index is 5.04. The number of aliphatic imine (C=N–C) groups is 2. The van der Waals surface area contributed by atoms with E-state index in [2.05, 4.69) is 77.9 Å². The smallest absolute Gasteiger partial charge is 0.0687 e. The van der Waals surface area contributed by atoms with Crippen LogP contribution in [0.2, 0.25) is 0 Å². The lowest BCUT2D eigenvalue weighted by atomic mass is 10.0. The van der Waals surface area contributed by atoms with Crippen LogP contribution in [0.4, 0.5) is 11.4 Å². The summed E-state index contributed by atoms with van der Waals surface area (Å²) in [5, 5.41) is 0.946. The van der Waals surface area contributed by atoms with Gasteiger partial charge in [0, 0.05) is 21.9 Å². The molecule has 0 saturated carbocycles. The molecule has 2 unspecified atom stereocenters. The van der Waals surface area contributed by atoms with Crippen molar-refractivity contribution >= 4 is 34.6 Å². The van der Waals surface area contributed by atoms with E-state index >= 15 is 0 Å². The zero-order chi connectivity index (χ0) is 20.3. The minimum absolute atomic E-state index is 0.473. The summed E-state index contributed by atoms with van der Waals surface area (Å²) in [4.78, 5) is 10.1. The lowest BCUT2D eigenvalue weighted by Gasteiger charge is -2.29. The highest BCUT2D eigenvalue weighted by Gasteiger charge is 2.26. The van der Waals surface area contributed by atoms with E-state index in [0.29, 0.717) is 10.5 Å². The Morgan fingerprint density at radius 2 is 1.07 bits per heavy atom. The van der Waals surface area contributed by atoms with Crippen LogP contribution in [0.1, 0.15) is 55.4 Å². The van der Waals surface area contributed by atoms with Gasteiger partial charge < -0.3 is 0 Å². The third-order valence-corrected chi connectivity index (χ3v) is 7.46. The fourth-order valence-electron chi connectivity index (χ4n) is 3.90. The zero-order valence-corrected chi connectivity index (χ0v) is 18.9. The maximum Gasteiger partial charge on any atom is 0.0687 e. The largest absolute Gasteiger partial charge is 0.256 e. The number of hydrogen-bond acceptors (Lipinski definition) is 3. The zero-order valence-electron chi connectivity index (χ0n) is 18.0. The number of benzene rings is 2. The Bertz CT molecular complexity index is 797. The quantitative estimate of drug-likeness (QED) is 0.496. The van der Waals surface area contributed by atoms with E-state index < -0.39 is 0 Å². The molecule has 148 valence electrons. The number of hydrogen-bond donors (Lipinski definition) is 0. The van der Waals surface area contributed by atoms with Crippen molar-refractivity contribution in [2.24, 2.45) is 9.98 Å². The molecule has 2 nitrogen and oxygen atoms in total. The first-order valence-electron chi connectivity index (χ1n) is 10.2. The monoisotopic (exact) mass is 392 g/mol. The van der Waals surface area contributed by atoms with Crippen molar-refractivity contribution in [3.8, 4) is 0 Å². The first-order valence-corrected chi connectivity index (χ1v) is 11.2. The van der Waals surface area contributed by atoms with Crippen LogP contribution in [0, 0.1) is 27.7 Å². The molecule has 2 aromatic rings. The Morgan fingerprint density at radius 3 is 1.43 bits per heavy atom. The van der Waals surface area contributed by atoms with Gasteiger partial charge in [-0.3, -0.25) is 9.98 Å². The first kappa shape index (κ1) is 20.9. The van der Waals surface area contributed by atoms with Crippen molar-refractivity contribution in [2.75, 3.05) is 0 Å². The molecule has 2 atom stereocenters. The predicted molar refractivity (Wildman–Crippen MR) is 126 cm³/mol. The summed E-state index contributed by atoms with van der Waals surface area (Å²) in [5.41, 5.74) is 9.79. The highest BCUT2D eigenvalue weighted by molar-refractivity contribution is 8.02. The minimum atomic E-state index is 0.473. The molecule has 1 aliphatic heterocycles. The summed E-state index contributed by atoms with van der Waals surface area (Å²) in [5.74, 6) is 0. The molecule has 0 spiro atoms. The Hall–Kier alpha value is -1.87. The van der Waals surface area contributed by atoms with Gasteiger partial charge in [-0.2, -0.15) is 0 Å². The molecular weight excluding hydrogens is 360 g/mol. The lowest BCUT2D eigenvalue weighted by Crippen LogP contribution is -2.27. The van der Waals surface area contributed by atoms with Gasteiger partial charge in [0.2, 0.25) is 0 Å². The van der Waals surface area contributed by atoms with E-state index in [1.54, 1.807) is 0 Å². The SMILES string of the molecule is C/C(=N\c1c(C)cccc1C)C1CCCC(/C(C)=N/c2c(C)cccc2C)S1. The van der Waals surface area contributed by atoms with Crippen LogP contribution < -0.4 is 0 Å². The van der Waals surface area contributed by atoms with Gasteiger partial charge in [0.05, 0.1) is 11.4 Å². The van der Waals surface area contributed by atoms with Gasteiger partial charge in [-0.25, -0.2) is 0 Å². The average Bonchev–Trinajstić information content (AvgIpc) is 2.67. The number of thioether (sulfide) groups is 1. The second-order valence-electron chi connectivity index (χ2n) is 8.03. The van der Waals surface area contributed by atoms with Crippen molar-refractivity contribution < 1.29 is 0 Å². The normalized spacial score (nSPS) is 21.1. The molecular formula is C25H32N2S. The molecule has 1 heterocycles. The van der Waals surface area contributed by atoms with E-state index in [1.165, 1.54) is 52.9 Å². The molecule has 0 N–H and O–H groups in total. The first-order chi connectivity index (χ1) is 13.4. The van der Waals surface area contributed by atoms with Crippen molar-refractivity contribution in [3.63, 3.8) is 0 Å². The highest BCUT2D eigenvalue weighted by Crippen LogP contribution is 2.36. The molecule has 1 fully saturated rings. The van der Waals surface area contributed by atoms with Crippen molar-refractivity contribution in [2.45, 2.75) is 71.3 Å². The Kier molecular flexibility index (Phi) is 6.77.